The van der Waals surface area contributed by atoms with Crippen LogP contribution >= 0.6 is 35.6 Å². The van der Waals surface area contributed by atoms with Crippen LogP contribution in [-0.4, -0.2) is 42.0 Å². The zero-order chi connectivity index (χ0) is 13.3. The predicted molar refractivity (Wildman–Crippen MR) is 79.6 cm³/mol. The standard InChI is InChI=1S/C11H24O4S3.Na/c1-2-3-7-16-10-5-13-6-11-17-8-4-9-18-15-14-12;/h12H,2-11H2,1H3;/q;+1/p-1. The Balaban J connectivity index is 0. The fourth-order valence-corrected chi connectivity index (χ4v) is 3.34. The normalized spacial score (nSPS) is 10.4. The maximum Gasteiger partial charge on any atom is 1.00 e. The summed E-state index contributed by atoms with van der Waals surface area (Å²) >= 11 is 4.89. The van der Waals surface area contributed by atoms with Crippen LogP contribution in [0.25, 0.3) is 0 Å². The molecule has 0 aliphatic heterocycles. The second kappa shape index (κ2) is 22.2. The third-order valence-corrected chi connectivity index (χ3v) is 4.65. The van der Waals surface area contributed by atoms with Gasteiger partial charge in [0.15, 0.2) is 0 Å². The molecule has 0 rings (SSSR count). The number of thioether (sulfide) groups is 2. The molecule has 0 amide bonds. The van der Waals surface area contributed by atoms with Crippen LogP contribution in [0.3, 0.4) is 0 Å². The number of hydrogen-bond donors (Lipinski definition) is 0. The quantitative estimate of drug-likeness (QED) is 0.132. The van der Waals surface area contributed by atoms with E-state index in [-0.39, 0.29) is 29.6 Å². The summed E-state index contributed by atoms with van der Waals surface area (Å²) in [6.45, 7) is 3.90. The average Bonchev–Trinajstić information content (AvgIpc) is 2.39. The van der Waals surface area contributed by atoms with Gasteiger partial charge in [-0.25, -0.2) is 0 Å². The van der Waals surface area contributed by atoms with Gasteiger partial charge in [0.25, 0.3) is 0 Å². The predicted octanol–water partition coefficient (Wildman–Crippen LogP) is -0.465. The molecule has 0 aromatic rings. The Bertz CT molecular complexity index is 142. The van der Waals surface area contributed by atoms with Crippen molar-refractivity contribution in [2.45, 2.75) is 26.2 Å². The molecule has 0 bridgehead atoms. The van der Waals surface area contributed by atoms with Gasteiger partial charge >= 0.3 is 29.6 Å². The van der Waals surface area contributed by atoms with Crippen LogP contribution in [0.2, 0.25) is 0 Å². The second-order valence-corrected chi connectivity index (χ2v) is 6.73. The van der Waals surface area contributed by atoms with E-state index in [1.807, 2.05) is 23.5 Å². The van der Waals surface area contributed by atoms with Crippen molar-refractivity contribution in [2.75, 3.05) is 42.0 Å². The van der Waals surface area contributed by atoms with Gasteiger partial charge < -0.3 is 9.99 Å². The monoisotopic (exact) mass is 338 g/mol. The van der Waals surface area contributed by atoms with Crippen molar-refractivity contribution in [3.63, 3.8) is 0 Å². The summed E-state index contributed by atoms with van der Waals surface area (Å²) in [6, 6.07) is 0. The van der Waals surface area contributed by atoms with Gasteiger partial charge in [-0.15, -0.1) is 0 Å². The second-order valence-electron chi connectivity index (χ2n) is 3.50. The van der Waals surface area contributed by atoms with Crippen molar-refractivity contribution in [3.05, 3.63) is 0 Å². The summed E-state index contributed by atoms with van der Waals surface area (Å²) in [5.41, 5.74) is 0. The summed E-state index contributed by atoms with van der Waals surface area (Å²) in [5.74, 6) is 5.23. The van der Waals surface area contributed by atoms with Gasteiger partial charge in [-0.2, -0.15) is 27.9 Å². The van der Waals surface area contributed by atoms with E-state index in [2.05, 4.69) is 16.3 Å². The van der Waals surface area contributed by atoms with Crippen LogP contribution < -0.4 is 34.8 Å². The number of unbranched alkanes of at least 4 members (excludes halogenated alkanes) is 1. The van der Waals surface area contributed by atoms with Crippen molar-refractivity contribution < 1.29 is 48.9 Å². The van der Waals surface area contributed by atoms with E-state index < -0.39 is 0 Å². The van der Waals surface area contributed by atoms with Crippen molar-refractivity contribution >= 4 is 35.6 Å². The van der Waals surface area contributed by atoms with E-state index in [1.54, 1.807) is 0 Å². The topological polar surface area (TPSA) is 50.8 Å². The van der Waals surface area contributed by atoms with Gasteiger partial charge in [-0.3, -0.25) is 5.04 Å². The molecule has 0 aliphatic carbocycles. The van der Waals surface area contributed by atoms with Gasteiger partial charge in [0.2, 0.25) is 0 Å². The first kappa shape index (κ1) is 23.2. The van der Waals surface area contributed by atoms with Gasteiger partial charge in [-0.05, 0) is 24.3 Å². The molecule has 0 aromatic carbocycles. The molecule has 0 fully saturated rings. The first-order valence-corrected chi connectivity index (χ1v) is 9.45. The average molecular weight is 338 g/mol. The van der Waals surface area contributed by atoms with E-state index in [0.717, 1.165) is 54.7 Å². The van der Waals surface area contributed by atoms with Crippen molar-refractivity contribution in [1.29, 1.82) is 0 Å². The minimum Gasteiger partial charge on any atom is -0.691 e. The summed E-state index contributed by atoms with van der Waals surface area (Å²) in [5, 5.41) is 12.7. The largest absolute Gasteiger partial charge is 1.00 e. The Morgan fingerprint density at radius 1 is 0.895 bits per heavy atom. The van der Waals surface area contributed by atoms with E-state index in [9.17, 15) is 5.26 Å². The fraction of sp³-hybridized carbons (Fsp3) is 1.00. The molecule has 0 spiro atoms. The Morgan fingerprint density at radius 2 is 1.53 bits per heavy atom. The minimum atomic E-state index is 0. The van der Waals surface area contributed by atoms with Crippen LogP contribution in [0.4, 0.5) is 0 Å². The zero-order valence-corrected chi connectivity index (χ0v) is 16.4. The third-order valence-electron chi connectivity index (χ3n) is 1.98. The molecule has 0 heterocycles. The van der Waals surface area contributed by atoms with Crippen molar-refractivity contribution in [1.82, 2.24) is 0 Å². The fourth-order valence-electron chi connectivity index (χ4n) is 1.06. The maximum absolute atomic E-state index is 9.48. The molecule has 19 heavy (non-hydrogen) atoms. The van der Waals surface area contributed by atoms with Gasteiger partial charge in [0, 0.05) is 29.3 Å². The Morgan fingerprint density at radius 3 is 2.11 bits per heavy atom. The Hall–Kier alpha value is 1.89. The number of ether oxygens (including phenoxy) is 1. The van der Waals surface area contributed by atoms with Crippen LogP contribution in [0.1, 0.15) is 26.2 Å². The van der Waals surface area contributed by atoms with E-state index in [0.29, 0.717) is 0 Å². The van der Waals surface area contributed by atoms with Crippen molar-refractivity contribution in [3.8, 4) is 0 Å². The molecule has 0 aliphatic rings. The van der Waals surface area contributed by atoms with Crippen LogP contribution in [0.5, 0.6) is 0 Å². The third kappa shape index (κ3) is 22.3. The molecule has 0 saturated heterocycles. The van der Waals surface area contributed by atoms with Crippen LogP contribution in [-0.2, 0) is 14.1 Å². The van der Waals surface area contributed by atoms with E-state index in [4.69, 9.17) is 4.74 Å². The van der Waals surface area contributed by atoms with E-state index in [1.165, 1.54) is 18.6 Å². The van der Waals surface area contributed by atoms with Gasteiger partial charge in [0.05, 0.1) is 13.2 Å². The molecular formula is C11H23NaO4S3. The summed E-state index contributed by atoms with van der Waals surface area (Å²) in [4.78, 5) is 0. The number of rotatable bonds is 15. The maximum atomic E-state index is 9.48. The first-order chi connectivity index (χ1) is 8.91. The van der Waals surface area contributed by atoms with Crippen molar-refractivity contribution in [2.24, 2.45) is 0 Å². The van der Waals surface area contributed by atoms with Gasteiger partial charge in [0.1, 0.15) is 0 Å². The molecule has 0 atom stereocenters. The minimum absolute atomic E-state index is 0. The number of hydrogen-bond acceptors (Lipinski definition) is 7. The Labute approximate surface area is 151 Å². The molecule has 0 saturated carbocycles. The molecule has 0 unspecified atom stereocenters. The summed E-state index contributed by atoms with van der Waals surface area (Å²) < 4.78 is 9.68. The molecule has 0 aromatic heterocycles. The van der Waals surface area contributed by atoms with E-state index >= 15 is 0 Å². The smallest absolute Gasteiger partial charge is 0.691 e. The first-order valence-electron chi connectivity index (χ1n) is 6.23. The van der Waals surface area contributed by atoms with Gasteiger partial charge in [-0.1, -0.05) is 13.3 Å². The summed E-state index contributed by atoms with van der Waals surface area (Å²) in [6.07, 6.45) is 3.58. The van der Waals surface area contributed by atoms with Crippen LogP contribution in [0, 0.1) is 0 Å². The van der Waals surface area contributed by atoms with Crippen LogP contribution in [0.15, 0.2) is 0 Å². The molecule has 8 heteroatoms. The molecule has 0 N–H and O–H groups in total. The molecule has 4 nitrogen and oxygen atoms in total. The Kier molecular flexibility index (Phi) is 27.0. The summed E-state index contributed by atoms with van der Waals surface area (Å²) in [7, 11) is 0. The molecule has 110 valence electrons. The zero-order valence-electron chi connectivity index (χ0n) is 11.9. The molecule has 0 radical (unpaired) electrons. The molecular weight excluding hydrogens is 315 g/mol. The SMILES string of the molecule is CCCCSCCOCCSCCCSOO[O-].[Na+].